The standard InChI is InChI=1S/C22H24BrF2N5O5/c1-12(28-18(32)17(31)27-2)10-21(11-26)5-7-22(8-6-21)16(29-30-20(33)35-22)14-9-13(34-19(24)25)3-4-15(14)23/h3-4,9,12,19H,5-8,10H2,1-2H3,(H,27,31)(H,28,32)(H,30,33)/t12-,21?,22?/m0/s1. The summed E-state index contributed by atoms with van der Waals surface area (Å²) in [4.78, 5) is 35.5. The van der Waals surface area contributed by atoms with Crippen LogP contribution in [0.5, 0.6) is 5.75 Å². The van der Waals surface area contributed by atoms with Crippen LogP contribution >= 0.6 is 15.9 Å². The van der Waals surface area contributed by atoms with Crippen molar-refractivity contribution in [3.05, 3.63) is 28.2 Å². The number of nitrogens with zero attached hydrogens (tertiary/aromatic N) is 2. The molecule has 1 saturated carbocycles. The van der Waals surface area contributed by atoms with Crippen molar-refractivity contribution in [3.63, 3.8) is 0 Å². The summed E-state index contributed by atoms with van der Waals surface area (Å²) in [7, 11) is 1.34. The molecule has 0 bridgehead atoms. The average molecular weight is 556 g/mol. The molecule has 1 aromatic carbocycles. The van der Waals surface area contributed by atoms with Gasteiger partial charge in [-0.3, -0.25) is 9.59 Å². The average Bonchev–Trinajstić information content (AvgIpc) is 2.81. The zero-order valence-electron chi connectivity index (χ0n) is 19.0. The smallest absolute Gasteiger partial charge is 0.428 e. The molecular weight excluding hydrogens is 532 g/mol. The first kappa shape index (κ1) is 26.3. The molecule has 1 spiro atoms. The summed E-state index contributed by atoms with van der Waals surface area (Å²) in [5.41, 5.74) is 0.941. The van der Waals surface area contributed by atoms with Crippen LogP contribution in [0.4, 0.5) is 13.6 Å². The Kier molecular flexibility index (Phi) is 7.94. The van der Waals surface area contributed by atoms with E-state index in [0.717, 1.165) is 0 Å². The number of rotatable bonds is 6. The highest BCUT2D eigenvalue weighted by Gasteiger charge is 2.51. The lowest BCUT2D eigenvalue weighted by Gasteiger charge is -2.45. The SMILES string of the molecule is CNC(=O)C(=O)N[C@@H](C)CC1(C#N)CCC2(CC1)OC(=O)NN=C2c1cc(OC(F)F)ccc1Br. The van der Waals surface area contributed by atoms with Crippen molar-refractivity contribution in [1.82, 2.24) is 16.1 Å². The second-order valence-electron chi connectivity index (χ2n) is 8.53. The molecule has 13 heteroatoms. The second-order valence-corrected chi connectivity index (χ2v) is 9.38. The lowest BCUT2D eigenvalue weighted by Crippen LogP contribution is -2.54. The zero-order chi connectivity index (χ0) is 25.8. The van der Waals surface area contributed by atoms with E-state index in [1.54, 1.807) is 6.92 Å². The Labute approximate surface area is 208 Å². The molecule has 1 aromatic rings. The van der Waals surface area contributed by atoms with Gasteiger partial charge in [-0.15, -0.1) is 0 Å². The summed E-state index contributed by atoms with van der Waals surface area (Å²) in [5.74, 6) is -1.66. The van der Waals surface area contributed by atoms with E-state index in [1.807, 2.05) is 0 Å². The fourth-order valence-corrected chi connectivity index (χ4v) is 4.93. The van der Waals surface area contributed by atoms with Crippen molar-refractivity contribution in [1.29, 1.82) is 5.26 Å². The third kappa shape index (κ3) is 5.87. The maximum absolute atomic E-state index is 12.7. The van der Waals surface area contributed by atoms with Crippen molar-refractivity contribution in [3.8, 4) is 11.8 Å². The molecule has 2 aliphatic rings. The van der Waals surface area contributed by atoms with Gasteiger partial charge in [0.1, 0.15) is 11.5 Å². The molecule has 1 aliphatic heterocycles. The van der Waals surface area contributed by atoms with E-state index < -0.39 is 41.6 Å². The largest absolute Gasteiger partial charge is 0.435 e. The van der Waals surface area contributed by atoms with Gasteiger partial charge in [-0.25, -0.2) is 10.2 Å². The molecule has 0 radical (unpaired) electrons. The molecule has 3 amide bonds. The van der Waals surface area contributed by atoms with Crippen molar-refractivity contribution < 1.29 is 32.6 Å². The summed E-state index contributed by atoms with van der Waals surface area (Å²) in [6, 6.07) is 6.14. The van der Waals surface area contributed by atoms with Gasteiger partial charge in [0.2, 0.25) is 0 Å². The van der Waals surface area contributed by atoms with Crippen molar-refractivity contribution in [2.75, 3.05) is 7.05 Å². The number of halogens is 3. The van der Waals surface area contributed by atoms with E-state index in [2.05, 4.69) is 47.9 Å². The maximum atomic E-state index is 12.7. The van der Waals surface area contributed by atoms with Gasteiger partial charge in [-0.2, -0.15) is 19.1 Å². The van der Waals surface area contributed by atoms with Gasteiger partial charge in [0.15, 0.2) is 5.60 Å². The van der Waals surface area contributed by atoms with E-state index >= 15 is 0 Å². The van der Waals surface area contributed by atoms with Gasteiger partial charge in [0.25, 0.3) is 0 Å². The predicted molar refractivity (Wildman–Crippen MR) is 122 cm³/mol. The summed E-state index contributed by atoms with van der Waals surface area (Å²) >= 11 is 3.39. The van der Waals surface area contributed by atoms with E-state index in [1.165, 1.54) is 25.2 Å². The van der Waals surface area contributed by atoms with Crippen molar-refractivity contribution in [2.45, 2.75) is 57.3 Å². The fourth-order valence-electron chi connectivity index (χ4n) is 4.49. The summed E-state index contributed by atoms with van der Waals surface area (Å²) in [6.45, 7) is -1.31. The summed E-state index contributed by atoms with van der Waals surface area (Å²) in [5, 5.41) is 19.0. The molecule has 35 heavy (non-hydrogen) atoms. The molecular formula is C22H24BrF2N5O5. The highest BCUT2D eigenvalue weighted by molar-refractivity contribution is 9.10. The van der Waals surface area contributed by atoms with Gasteiger partial charge in [0, 0.05) is 23.1 Å². The minimum absolute atomic E-state index is 0.0872. The Morgan fingerprint density at radius 2 is 2.00 bits per heavy atom. The fraction of sp³-hybridized carbons (Fsp3) is 0.500. The van der Waals surface area contributed by atoms with Crippen molar-refractivity contribution >= 4 is 39.5 Å². The van der Waals surface area contributed by atoms with Crippen LogP contribution in [0.25, 0.3) is 0 Å². The lowest BCUT2D eigenvalue weighted by molar-refractivity contribution is -0.139. The number of benzene rings is 1. The van der Waals surface area contributed by atoms with Gasteiger partial charge < -0.3 is 20.1 Å². The van der Waals surface area contributed by atoms with Crippen molar-refractivity contribution in [2.24, 2.45) is 10.5 Å². The third-order valence-electron chi connectivity index (χ3n) is 6.16. The molecule has 0 saturated heterocycles. The number of alkyl halides is 2. The molecule has 1 aliphatic carbocycles. The van der Waals surface area contributed by atoms with Crippen LogP contribution < -0.4 is 20.8 Å². The van der Waals surface area contributed by atoms with Gasteiger partial charge >= 0.3 is 24.5 Å². The number of likely N-dealkylation sites (N-methyl/N-ethyl adjacent to an activating group) is 1. The maximum Gasteiger partial charge on any atom is 0.428 e. The van der Waals surface area contributed by atoms with Crippen LogP contribution in [0.15, 0.2) is 27.8 Å². The Balaban J connectivity index is 1.83. The van der Waals surface area contributed by atoms with E-state index in [0.29, 0.717) is 28.6 Å². The first-order valence-electron chi connectivity index (χ1n) is 10.8. The van der Waals surface area contributed by atoms with Gasteiger partial charge in [-0.1, -0.05) is 15.9 Å². The Hall–Kier alpha value is -3.27. The molecule has 3 rings (SSSR count). The number of amides is 3. The quantitative estimate of drug-likeness (QED) is 0.460. The molecule has 1 heterocycles. The zero-order valence-corrected chi connectivity index (χ0v) is 20.6. The van der Waals surface area contributed by atoms with Crippen LogP contribution in [0.3, 0.4) is 0 Å². The number of hydrazone groups is 1. The van der Waals surface area contributed by atoms with E-state index in [9.17, 15) is 28.4 Å². The topological polar surface area (TPSA) is 142 Å². The highest BCUT2D eigenvalue weighted by Crippen LogP contribution is 2.47. The molecule has 3 N–H and O–H groups in total. The number of carbonyl (C=O) groups excluding carboxylic acids is 3. The predicted octanol–water partition coefficient (Wildman–Crippen LogP) is 2.96. The number of nitriles is 1. The van der Waals surface area contributed by atoms with E-state index in [4.69, 9.17) is 4.74 Å². The number of carbonyl (C=O) groups is 3. The Morgan fingerprint density at radius 3 is 2.60 bits per heavy atom. The molecule has 1 fully saturated rings. The lowest BCUT2D eigenvalue weighted by atomic mass is 9.65. The van der Waals surface area contributed by atoms with Crippen LogP contribution in [-0.2, 0) is 14.3 Å². The number of hydrogen-bond acceptors (Lipinski definition) is 7. The van der Waals surface area contributed by atoms with Gasteiger partial charge in [0.05, 0.1) is 11.5 Å². The molecule has 1 atom stereocenters. The summed E-state index contributed by atoms with van der Waals surface area (Å²) < 4.78 is 36.2. The number of nitrogens with one attached hydrogen (secondary N) is 3. The minimum Gasteiger partial charge on any atom is -0.435 e. The first-order chi connectivity index (χ1) is 16.5. The number of ether oxygens (including phenoxy) is 2. The monoisotopic (exact) mass is 555 g/mol. The highest BCUT2D eigenvalue weighted by atomic mass is 79.9. The first-order valence-corrected chi connectivity index (χ1v) is 11.6. The number of hydrogen-bond donors (Lipinski definition) is 3. The molecule has 10 nitrogen and oxygen atoms in total. The van der Waals surface area contributed by atoms with Crippen LogP contribution in [0.2, 0.25) is 0 Å². The normalized spacial score (nSPS) is 24.5. The van der Waals surface area contributed by atoms with E-state index in [-0.39, 0.29) is 25.0 Å². The Morgan fingerprint density at radius 1 is 1.31 bits per heavy atom. The molecule has 0 unspecified atom stereocenters. The molecule has 188 valence electrons. The minimum atomic E-state index is -3.01. The van der Waals surface area contributed by atoms with Crippen LogP contribution in [0.1, 0.15) is 44.6 Å². The Bertz CT molecular complexity index is 1080. The summed E-state index contributed by atoms with van der Waals surface area (Å²) in [6.07, 6.45) is 0.592. The van der Waals surface area contributed by atoms with Crippen LogP contribution in [0, 0.1) is 16.7 Å². The third-order valence-corrected chi connectivity index (χ3v) is 6.85. The molecule has 0 aromatic heterocycles. The second kappa shape index (κ2) is 10.6. The van der Waals surface area contributed by atoms with Crippen LogP contribution in [-0.4, -0.2) is 48.9 Å². The van der Waals surface area contributed by atoms with Gasteiger partial charge in [-0.05, 0) is 57.2 Å².